The lowest BCUT2D eigenvalue weighted by Crippen LogP contribution is -2.18. The Hall–Kier alpha value is -1.38. The third kappa shape index (κ3) is 3.34. The highest BCUT2D eigenvalue weighted by atomic mass is 127. The zero-order valence-electron chi connectivity index (χ0n) is 9.65. The van der Waals surface area contributed by atoms with Crippen LogP contribution in [0.25, 0.3) is 0 Å². The number of nitrogens with one attached hydrogen (secondary N) is 2. The van der Waals surface area contributed by atoms with E-state index in [1.54, 1.807) is 30.5 Å². The molecule has 0 radical (unpaired) electrons. The molecule has 0 aliphatic carbocycles. The molecule has 0 fully saturated rings. The molecular formula is C12H10ClIN4O. The molecule has 2 rings (SSSR count). The lowest BCUT2D eigenvalue weighted by molar-refractivity contribution is 0.102. The van der Waals surface area contributed by atoms with Gasteiger partial charge in [-0.2, -0.15) is 0 Å². The first-order valence-electron chi connectivity index (χ1n) is 5.29. The molecule has 0 bridgehead atoms. The number of carbonyl (C=O) groups is 1. The van der Waals surface area contributed by atoms with E-state index < -0.39 is 0 Å². The molecule has 1 aromatic heterocycles. The van der Waals surface area contributed by atoms with Gasteiger partial charge in [0, 0.05) is 21.0 Å². The van der Waals surface area contributed by atoms with Crippen LogP contribution >= 0.6 is 34.2 Å². The minimum atomic E-state index is -0.290. The average Bonchev–Trinajstić information content (AvgIpc) is 2.41. The quantitative estimate of drug-likeness (QED) is 0.429. The Bertz CT molecular complexity index is 620. The zero-order valence-corrected chi connectivity index (χ0v) is 12.6. The molecule has 2 aromatic rings. The molecule has 0 atom stereocenters. The Kier molecular flexibility index (Phi) is 4.56. The van der Waals surface area contributed by atoms with Gasteiger partial charge in [0.05, 0.1) is 16.9 Å². The number of amides is 1. The first-order valence-corrected chi connectivity index (χ1v) is 6.74. The standard InChI is InChI=1S/C12H10ClIN4O/c13-7-1-2-11(9(14)5-7)17-12(19)8-6-16-4-3-10(8)18-15/h1-6H,15H2,(H,16,18)(H,17,19). The second-order valence-corrected chi connectivity index (χ2v) is 5.24. The van der Waals surface area contributed by atoms with E-state index in [1.807, 2.05) is 0 Å². The molecule has 0 spiro atoms. The molecule has 19 heavy (non-hydrogen) atoms. The molecule has 4 N–H and O–H groups in total. The summed E-state index contributed by atoms with van der Waals surface area (Å²) in [6, 6.07) is 6.85. The third-order valence-electron chi connectivity index (χ3n) is 2.40. The highest BCUT2D eigenvalue weighted by molar-refractivity contribution is 14.1. The van der Waals surface area contributed by atoms with Crippen LogP contribution in [0.5, 0.6) is 0 Å². The van der Waals surface area contributed by atoms with E-state index in [1.165, 1.54) is 6.20 Å². The first kappa shape index (κ1) is 14.0. The van der Waals surface area contributed by atoms with E-state index >= 15 is 0 Å². The van der Waals surface area contributed by atoms with Crippen LogP contribution in [0.2, 0.25) is 5.02 Å². The maximum Gasteiger partial charge on any atom is 0.259 e. The number of benzene rings is 1. The molecule has 1 heterocycles. The smallest absolute Gasteiger partial charge is 0.259 e. The van der Waals surface area contributed by atoms with Crippen LogP contribution in [0.1, 0.15) is 10.4 Å². The minimum absolute atomic E-state index is 0.290. The van der Waals surface area contributed by atoms with Crippen LogP contribution in [-0.4, -0.2) is 10.9 Å². The second kappa shape index (κ2) is 6.18. The number of aromatic nitrogens is 1. The predicted octanol–water partition coefficient (Wildman–Crippen LogP) is 2.88. The van der Waals surface area contributed by atoms with Crippen molar-refractivity contribution < 1.29 is 4.79 Å². The maximum atomic E-state index is 12.1. The van der Waals surface area contributed by atoms with Gasteiger partial charge in [0.15, 0.2) is 0 Å². The van der Waals surface area contributed by atoms with Crippen molar-refractivity contribution in [2.45, 2.75) is 0 Å². The van der Waals surface area contributed by atoms with Crippen LogP contribution < -0.4 is 16.6 Å². The number of nitrogen functional groups attached to an aromatic ring is 1. The molecule has 1 aromatic carbocycles. The van der Waals surface area contributed by atoms with Gasteiger partial charge in [-0.15, -0.1) is 0 Å². The number of nitrogens with zero attached hydrogens (tertiary/aromatic N) is 1. The van der Waals surface area contributed by atoms with Crippen LogP contribution in [0.4, 0.5) is 11.4 Å². The molecule has 5 nitrogen and oxygen atoms in total. The van der Waals surface area contributed by atoms with Crippen LogP contribution in [0.15, 0.2) is 36.7 Å². The Morgan fingerprint density at radius 3 is 2.79 bits per heavy atom. The number of rotatable bonds is 3. The van der Waals surface area contributed by atoms with Crippen molar-refractivity contribution in [3.05, 3.63) is 50.8 Å². The zero-order chi connectivity index (χ0) is 13.8. The highest BCUT2D eigenvalue weighted by Crippen LogP contribution is 2.23. The molecular weight excluding hydrogens is 379 g/mol. The molecule has 0 saturated carbocycles. The van der Waals surface area contributed by atoms with Crippen molar-refractivity contribution in [2.24, 2.45) is 5.84 Å². The number of hydrogen-bond donors (Lipinski definition) is 3. The molecule has 1 amide bonds. The summed E-state index contributed by atoms with van der Waals surface area (Å²) in [7, 11) is 0. The summed E-state index contributed by atoms with van der Waals surface area (Å²) in [4.78, 5) is 16.1. The number of pyridine rings is 1. The van der Waals surface area contributed by atoms with Crippen molar-refractivity contribution >= 4 is 51.5 Å². The number of halogens is 2. The summed E-state index contributed by atoms with van der Waals surface area (Å²) < 4.78 is 0.851. The fourth-order valence-corrected chi connectivity index (χ4v) is 2.49. The maximum absolute atomic E-state index is 12.1. The predicted molar refractivity (Wildman–Crippen MR) is 84.2 cm³/mol. The summed E-state index contributed by atoms with van der Waals surface area (Å²) in [6.07, 6.45) is 3.01. The monoisotopic (exact) mass is 388 g/mol. The Morgan fingerprint density at radius 1 is 1.32 bits per heavy atom. The first-order chi connectivity index (χ1) is 9.11. The van der Waals surface area contributed by atoms with Crippen molar-refractivity contribution in [1.29, 1.82) is 0 Å². The van der Waals surface area contributed by atoms with Crippen molar-refractivity contribution in [1.82, 2.24) is 4.98 Å². The molecule has 0 unspecified atom stereocenters. The Labute approximate surface area is 128 Å². The molecule has 98 valence electrons. The summed E-state index contributed by atoms with van der Waals surface area (Å²) in [5, 5.41) is 3.41. The lowest BCUT2D eigenvalue weighted by Gasteiger charge is -2.10. The number of hydrogen-bond acceptors (Lipinski definition) is 4. The molecule has 0 aliphatic rings. The number of anilines is 2. The summed E-state index contributed by atoms with van der Waals surface area (Å²) in [6.45, 7) is 0. The summed E-state index contributed by atoms with van der Waals surface area (Å²) >= 11 is 7.97. The topological polar surface area (TPSA) is 80.0 Å². The van der Waals surface area contributed by atoms with E-state index in [0.29, 0.717) is 22.0 Å². The molecule has 0 aliphatic heterocycles. The van der Waals surface area contributed by atoms with Gasteiger partial charge in [-0.05, 0) is 46.9 Å². The molecule has 0 saturated heterocycles. The largest absolute Gasteiger partial charge is 0.323 e. The van der Waals surface area contributed by atoms with E-state index in [4.69, 9.17) is 17.4 Å². The van der Waals surface area contributed by atoms with Gasteiger partial charge in [-0.1, -0.05) is 11.6 Å². The Morgan fingerprint density at radius 2 is 2.11 bits per heavy atom. The highest BCUT2D eigenvalue weighted by Gasteiger charge is 2.12. The number of carbonyl (C=O) groups excluding carboxylic acids is 1. The van der Waals surface area contributed by atoms with Gasteiger partial charge >= 0.3 is 0 Å². The number of nitrogens with two attached hydrogens (primary N) is 1. The fourth-order valence-electron chi connectivity index (χ4n) is 1.48. The van der Waals surface area contributed by atoms with Crippen LogP contribution in [0, 0.1) is 3.57 Å². The van der Waals surface area contributed by atoms with Crippen LogP contribution in [0.3, 0.4) is 0 Å². The molecule has 7 heteroatoms. The van der Waals surface area contributed by atoms with Gasteiger partial charge in [0.1, 0.15) is 0 Å². The lowest BCUT2D eigenvalue weighted by atomic mass is 10.2. The van der Waals surface area contributed by atoms with Gasteiger partial charge in [-0.3, -0.25) is 15.6 Å². The second-order valence-electron chi connectivity index (χ2n) is 3.64. The van der Waals surface area contributed by atoms with E-state index in [9.17, 15) is 4.79 Å². The summed E-state index contributed by atoms with van der Waals surface area (Å²) in [5.41, 5.74) is 4.03. The van der Waals surface area contributed by atoms with Crippen molar-refractivity contribution in [3.63, 3.8) is 0 Å². The van der Waals surface area contributed by atoms with E-state index in [0.717, 1.165) is 3.57 Å². The van der Waals surface area contributed by atoms with Crippen LogP contribution in [-0.2, 0) is 0 Å². The van der Waals surface area contributed by atoms with E-state index in [2.05, 4.69) is 38.3 Å². The van der Waals surface area contributed by atoms with Gasteiger partial charge < -0.3 is 10.7 Å². The van der Waals surface area contributed by atoms with E-state index in [-0.39, 0.29) is 5.91 Å². The van der Waals surface area contributed by atoms with Gasteiger partial charge in [-0.25, -0.2) is 0 Å². The number of hydrazine groups is 1. The Balaban J connectivity index is 2.26. The van der Waals surface area contributed by atoms with Gasteiger partial charge in [0.25, 0.3) is 5.91 Å². The van der Waals surface area contributed by atoms with Crippen molar-refractivity contribution in [2.75, 3.05) is 10.7 Å². The van der Waals surface area contributed by atoms with Gasteiger partial charge in [0.2, 0.25) is 0 Å². The fraction of sp³-hybridized carbons (Fsp3) is 0. The minimum Gasteiger partial charge on any atom is -0.323 e. The average molecular weight is 389 g/mol. The summed E-state index contributed by atoms with van der Waals surface area (Å²) in [5.74, 6) is 5.06. The SMILES string of the molecule is NNc1ccncc1C(=O)Nc1ccc(Cl)cc1I. The van der Waals surface area contributed by atoms with Crippen molar-refractivity contribution in [3.8, 4) is 0 Å². The normalized spacial score (nSPS) is 10.1. The third-order valence-corrected chi connectivity index (χ3v) is 3.53.